The fourth-order valence-corrected chi connectivity index (χ4v) is 1.83. The van der Waals surface area contributed by atoms with Crippen molar-refractivity contribution >= 4 is 0 Å². The predicted molar refractivity (Wildman–Crippen MR) is 65.7 cm³/mol. The zero-order chi connectivity index (χ0) is 11.2. The molecule has 1 aliphatic rings. The number of benzene rings is 1. The molecular formula is C15H16O. The Labute approximate surface area is 96.8 Å². The first-order valence-electron chi connectivity index (χ1n) is 5.80. The van der Waals surface area contributed by atoms with Gasteiger partial charge in [-0.2, -0.15) is 0 Å². The standard InChI is InChI=1S/C15H16O/c16-15(14-9-5-2-6-10-14)12-11-13-7-3-1-4-8-13/h2,5-7,9-10,15-16H,1,3-4,8H2. The molecule has 82 valence electrons. The molecule has 1 nitrogen and oxygen atoms in total. The van der Waals surface area contributed by atoms with Crippen LogP contribution in [-0.2, 0) is 0 Å². The van der Waals surface area contributed by atoms with E-state index >= 15 is 0 Å². The van der Waals surface area contributed by atoms with Gasteiger partial charge in [0.15, 0.2) is 0 Å². The summed E-state index contributed by atoms with van der Waals surface area (Å²) in [5.41, 5.74) is 2.05. The van der Waals surface area contributed by atoms with Crippen LogP contribution in [-0.4, -0.2) is 5.11 Å². The maximum absolute atomic E-state index is 9.85. The minimum atomic E-state index is -0.663. The van der Waals surface area contributed by atoms with Gasteiger partial charge in [-0.1, -0.05) is 48.2 Å². The summed E-state index contributed by atoms with van der Waals surface area (Å²) in [4.78, 5) is 0. The van der Waals surface area contributed by atoms with E-state index in [2.05, 4.69) is 17.9 Å². The molecule has 0 heterocycles. The molecule has 1 aromatic carbocycles. The summed E-state index contributed by atoms with van der Waals surface area (Å²) in [6.07, 6.45) is 6.21. The smallest absolute Gasteiger partial charge is 0.140 e. The third-order valence-electron chi connectivity index (χ3n) is 2.78. The molecule has 1 N–H and O–H groups in total. The summed E-state index contributed by atoms with van der Waals surface area (Å²) in [5, 5.41) is 9.85. The Bertz CT molecular complexity index is 420. The molecular weight excluding hydrogens is 196 g/mol. The SMILES string of the molecule is OC(C#CC1=CCCCC1)c1ccccc1. The second-order valence-corrected chi connectivity index (χ2v) is 4.06. The van der Waals surface area contributed by atoms with Crippen molar-refractivity contribution < 1.29 is 5.11 Å². The van der Waals surface area contributed by atoms with Crippen molar-refractivity contribution in [3.8, 4) is 11.8 Å². The summed E-state index contributed by atoms with van der Waals surface area (Å²) >= 11 is 0. The first kappa shape index (κ1) is 11.0. The Morgan fingerprint density at radius 1 is 1.12 bits per heavy atom. The molecule has 0 amide bonds. The Balaban J connectivity index is 2.04. The average Bonchev–Trinajstić information content (AvgIpc) is 2.38. The Kier molecular flexibility index (Phi) is 3.80. The van der Waals surface area contributed by atoms with Crippen molar-refractivity contribution in [2.45, 2.75) is 31.8 Å². The maximum atomic E-state index is 9.85. The van der Waals surface area contributed by atoms with Crippen LogP contribution in [0.2, 0.25) is 0 Å². The lowest BCUT2D eigenvalue weighted by atomic mass is 9.99. The van der Waals surface area contributed by atoms with Gasteiger partial charge in [0.05, 0.1) is 0 Å². The van der Waals surface area contributed by atoms with Crippen molar-refractivity contribution in [2.75, 3.05) is 0 Å². The largest absolute Gasteiger partial charge is 0.376 e. The molecule has 0 spiro atoms. The first-order chi connectivity index (χ1) is 7.86. The highest BCUT2D eigenvalue weighted by Crippen LogP contribution is 2.17. The molecule has 0 saturated carbocycles. The van der Waals surface area contributed by atoms with Crippen molar-refractivity contribution in [1.82, 2.24) is 0 Å². The minimum absolute atomic E-state index is 0.663. The number of aliphatic hydroxyl groups is 1. The number of aliphatic hydroxyl groups excluding tert-OH is 1. The van der Waals surface area contributed by atoms with Gasteiger partial charge in [-0.15, -0.1) is 0 Å². The van der Waals surface area contributed by atoms with Crippen LogP contribution in [0.1, 0.15) is 37.4 Å². The molecule has 0 bridgehead atoms. The second kappa shape index (κ2) is 5.53. The summed E-state index contributed by atoms with van der Waals surface area (Å²) in [5.74, 6) is 5.99. The van der Waals surface area contributed by atoms with Crippen molar-refractivity contribution in [3.63, 3.8) is 0 Å². The summed E-state index contributed by atoms with van der Waals surface area (Å²) in [6.45, 7) is 0. The fourth-order valence-electron chi connectivity index (χ4n) is 1.83. The molecule has 0 aromatic heterocycles. The van der Waals surface area contributed by atoms with E-state index in [-0.39, 0.29) is 0 Å². The van der Waals surface area contributed by atoms with Crippen molar-refractivity contribution in [3.05, 3.63) is 47.5 Å². The van der Waals surface area contributed by atoms with E-state index in [1.807, 2.05) is 30.3 Å². The van der Waals surface area contributed by atoms with Crippen LogP contribution in [0.5, 0.6) is 0 Å². The van der Waals surface area contributed by atoms with Gasteiger partial charge >= 0.3 is 0 Å². The number of hydrogen-bond acceptors (Lipinski definition) is 1. The van der Waals surface area contributed by atoms with Gasteiger partial charge in [0.25, 0.3) is 0 Å². The molecule has 0 radical (unpaired) electrons. The van der Waals surface area contributed by atoms with Crippen molar-refractivity contribution in [2.24, 2.45) is 0 Å². The highest BCUT2D eigenvalue weighted by Gasteiger charge is 2.03. The number of allylic oxidation sites excluding steroid dienone is 2. The van der Waals surface area contributed by atoms with Gasteiger partial charge < -0.3 is 5.11 Å². The topological polar surface area (TPSA) is 20.2 Å². The van der Waals surface area contributed by atoms with E-state index in [9.17, 15) is 5.11 Å². The normalized spacial score (nSPS) is 16.9. The van der Waals surface area contributed by atoms with Crippen LogP contribution in [0.25, 0.3) is 0 Å². The minimum Gasteiger partial charge on any atom is -0.376 e. The van der Waals surface area contributed by atoms with Crippen LogP contribution in [0.3, 0.4) is 0 Å². The van der Waals surface area contributed by atoms with Crippen LogP contribution in [0.4, 0.5) is 0 Å². The molecule has 2 rings (SSSR count). The lowest BCUT2D eigenvalue weighted by molar-refractivity contribution is 0.238. The van der Waals surface area contributed by atoms with E-state index in [1.54, 1.807) is 0 Å². The summed E-state index contributed by atoms with van der Waals surface area (Å²) in [7, 11) is 0. The van der Waals surface area contributed by atoms with Gasteiger partial charge in [-0.3, -0.25) is 0 Å². The Hall–Kier alpha value is -1.52. The Morgan fingerprint density at radius 3 is 2.62 bits per heavy atom. The zero-order valence-electron chi connectivity index (χ0n) is 9.32. The van der Waals surface area contributed by atoms with Crippen LogP contribution in [0, 0.1) is 11.8 Å². The molecule has 16 heavy (non-hydrogen) atoms. The molecule has 1 aromatic rings. The number of rotatable bonds is 1. The molecule has 1 atom stereocenters. The van der Waals surface area contributed by atoms with E-state index < -0.39 is 6.10 Å². The Morgan fingerprint density at radius 2 is 1.94 bits per heavy atom. The highest BCUT2D eigenvalue weighted by molar-refractivity contribution is 5.33. The second-order valence-electron chi connectivity index (χ2n) is 4.06. The van der Waals surface area contributed by atoms with Crippen LogP contribution >= 0.6 is 0 Å². The maximum Gasteiger partial charge on any atom is 0.140 e. The first-order valence-corrected chi connectivity index (χ1v) is 5.80. The molecule has 1 aliphatic carbocycles. The van der Waals surface area contributed by atoms with E-state index in [4.69, 9.17) is 0 Å². The summed E-state index contributed by atoms with van der Waals surface area (Å²) in [6, 6.07) is 9.57. The number of hydrogen-bond donors (Lipinski definition) is 1. The monoisotopic (exact) mass is 212 g/mol. The van der Waals surface area contributed by atoms with Crippen LogP contribution < -0.4 is 0 Å². The van der Waals surface area contributed by atoms with Gasteiger partial charge in [-0.25, -0.2) is 0 Å². The van der Waals surface area contributed by atoms with E-state index in [0.717, 1.165) is 18.4 Å². The van der Waals surface area contributed by atoms with Crippen molar-refractivity contribution in [1.29, 1.82) is 0 Å². The highest BCUT2D eigenvalue weighted by atomic mass is 16.3. The molecule has 0 fully saturated rings. The third-order valence-corrected chi connectivity index (χ3v) is 2.78. The molecule has 1 heteroatoms. The van der Waals surface area contributed by atoms with Gasteiger partial charge in [0.2, 0.25) is 0 Å². The molecule has 0 saturated heterocycles. The summed E-state index contributed by atoms with van der Waals surface area (Å²) < 4.78 is 0. The van der Waals surface area contributed by atoms with E-state index in [0.29, 0.717) is 0 Å². The average molecular weight is 212 g/mol. The molecule has 0 aliphatic heterocycles. The quantitative estimate of drug-likeness (QED) is 0.709. The third kappa shape index (κ3) is 2.98. The zero-order valence-corrected chi connectivity index (χ0v) is 9.32. The lowest BCUT2D eigenvalue weighted by Gasteiger charge is -2.07. The lowest BCUT2D eigenvalue weighted by Crippen LogP contribution is -1.94. The fraction of sp³-hybridized carbons (Fsp3) is 0.333. The van der Waals surface area contributed by atoms with Crippen LogP contribution in [0.15, 0.2) is 42.0 Å². The van der Waals surface area contributed by atoms with E-state index in [1.165, 1.54) is 18.4 Å². The van der Waals surface area contributed by atoms with Gasteiger partial charge in [-0.05, 0) is 36.8 Å². The molecule has 1 unspecified atom stereocenters. The predicted octanol–water partition coefficient (Wildman–Crippen LogP) is 3.22. The van der Waals surface area contributed by atoms with Gasteiger partial charge in [0, 0.05) is 0 Å². The van der Waals surface area contributed by atoms with Gasteiger partial charge in [0.1, 0.15) is 6.10 Å².